The molecule has 0 bridgehead atoms. The fourth-order valence-electron chi connectivity index (χ4n) is 1.45. The van der Waals surface area contributed by atoms with Crippen LogP contribution in [-0.4, -0.2) is 28.7 Å². The Morgan fingerprint density at radius 1 is 1.26 bits per heavy atom. The molecule has 0 spiro atoms. The molecular weight excluding hydrogens is 246 g/mol. The van der Waals surface area contributed by atoms with Crippen LogP contribution in [0.4, 0.5) is 0 Å². The van der Waals surface area contributed by atoms with Gasteiger partial charge < -0.3 is 9.84 Å². The highest BCUT2D eigenvalue weighted by Crippen LogP contribution is 2.09. The summed E-state index contributed by atoms with van der Waals surface area (Å²) >= 11 is 0. The molecule has 5 heteroatoms. The van der Waals surface area contributed by atoms with Crippen LogP contribution in [0.3, 0.4) is 0 Å². The van der Waals surface area contributed by atoms with Crippen LogP contribution in [0, 0.1) is 0 Å². The second kappa shape index (κ2) is 6.33. The molecule has 1 rings (SSSR count). The van der Waals surface area contributed by atoms with E-state index >= 15 is 0 Å². The number of nitrogens with one attached hydrogen (secondary N) is 1. The van der Waals surface area contributed by atoms with Gasteiger partial charge in [0.1, 0.15) is 5.60 Å². The highest BCUT2D eigenvalue weighted by atomic mass is 16.6. The van der Waals surface area contributed by atoms with E-state index in [2.05, 4.69) is 5.32 Å². The van der Waals surface area contributed by atoms with Gasteiger partial charge in [-0.25, -0.2) is 9.59 Å². The molecule has 2 N–H and O–H groups in total. The van der Waals surface area contributed by atoms with E-state index < -0.39 is 23.6 Å². The average Bonchev–Trinajstić information content (AvgIpc) is 2.27. The van der Waals surface area contributed by atoms with E-state index in [0.29, 0.717) is 0 Å². The minimum absolute atomic E-state index is 0.289. The predicted octanol–water partition coefficient (Wildman–Crippen LogP) is 1.57. The Balaban J connectivity index is 2.64. The average molecular weight is 265 g/mol. The van der Waals surface area contributed by atoms with Gasteiger partial charge in [0, 0.05) is 6.54 Å². The van der Waals surface area contributed by atoms with Crippen molar-refractivity contribution in [3.8, 4) is 0 Å². The topological polar surface area (TPSA) is 75.6 Å². The quantitative estimate of drug-likeness (QED) is 0.624. The smallest absolute Gasteiger partial charge is 0.335 e. The maximum absolute atomic E-state index is 11.8. The van der Waals surface area contributed by atoms with Crippen LogP contribution in [-0.2, 0) is 20.9 Å². The zero-order valence-corrected chi connectivity index (χ0v) is 11.3. The van der Waals surface area contributed by atoms with Gasteiger partial charge in [0.05, 0.1) is 0 Å². The molecule has 0 saturated heterocycles. The van der Waals surface area contributed by atoms with Crippen molar-refractivity contribution in [2.45, 2.75) is 39.0 Å². The van der Waals surface area contributed by atoms with E-state index in [1.54, 1.807) is 20.8 Å². The summed E-state index contributed by atoms with van der Waals surface area (Å²) < 4.78 is 5.07. The molecule has 0 radical (unpaired) electrons. The van der Waals surface area contributed by atoms with Gasteiger partial charge in [-0.2, -0.15) is 0 Å². The number of aliphatic carboxylic acids is 1. The van der Waals surface area contributed by atoms with Gasteiger partial charge in [-0.1, -0.05) is 30.3 Å². The van der Waals surface area contributed by atoms with Crippen molar-refractivity contribution in [3.05, 3.63) is 35.9 Å². The minimum Gasteiger partial charge on any atom is -0.480 e. The molecular formula is C14H19NO4. The summed E-state index contributed by atoms with van der Waals surface area (Å²) in [6, 6.07) is 7.90. The first-order valence-electron chi connectivity index (χ1n) is 6.02. The van der Waals surface area contributed by atoms with Crippen LogP contribution in [0.1, 0.15) is 26.3 Å². The highest BCUT2D eigenvalue weighted by molar-refractivity contribution is 5.98. The molecule has 5 nitrogen and oxygen atoms in total. The van der Waals surface area contributed by atoms with E-state index in [0.717, 1.165) is 5.56 Å². The van der Waals surface area contributed by atoms with Crippen LogP contribution in [0.15, 0.2) is 30.3 Å². The first-order valence-corrected chi connectivity index (χ1v) is 6.02. The second-order valence-corrected chi connectivity index (χ2v) is 5.17. The molecule has 1 atom stereocenters. The number of esters is 1. The molecule has 0 amide bonds. The van der Waals surface area contributed by atoms with E-state index in [1.807, 2.05) is 30.3 Å². The maximum Gasteiger partial charge on any atom is 0.335 e. The fraction of sp³-hybridized carbons (Fsp3) is 0.429. The SMILES string of the molecule is CC(C)(C)OC(=O)C(NCc1ccccc1)C(=O)O. The molecule has 0 heterocycles. The Hall–Kier alpha value is -1.88. The Labute approximate surface area is 112 Å². The van der Waals surface area contributed by atoms with Crippen LogP contribution in [0.2, 0.25) is 0 Å². The molecule has 1 unspecified atom stereocenters. The Bertz CT molecular complexity index is 437. The van der Waals surface area contributed by atoms with Crippen molar-refractivity contribution in [1.29, 1.82) is 0 Å². The monoisotopic (exact) mass is 265 g/mol. The summed E-state index contributed by atoms with van der Waals surface area (Å²) in [6.07, 6.45) is 0. The van der Waals surface area contributed by atoms with Gasteiger partial charge in [-0.3, -0.25) is 5.32 Å². The zero-order chi connectivity index (χ0) is 14.5. The van der Waals surface area contributed by atoms with Crippen molar-refractivity contribution in [2.24, 2.45) is 0 Å². The Kier molecular flexibility index (Phi) is 5.06. The third-order valence-corrected chi connectivity index (χ3v) is 2.24. The van der Waals surface area contributed by atoms with Gasteiger partial charge in [-0.05, 0) is 26.3 Å². The number of rotatable bonds is 5. The molecule has 0 aliphatic heterocycles. The zero-order valence-electron chi connectivity index (χ0n) is 11.3. The van der Waals surface area contributed by atoms with Gasteiger partial charge in [0.15, 0.2) is 0 Å². The summed E-state index contributed by atoms with van der Waals surface area (Å²) in [4.78, 5) is 22.8. The number of carbonyl (C=O) groups excluding carboxylic acids is 1. The van der Waals surface area contributed by atoms with Crippen molar-refractivity contribution in [1.82, 2.24) is 5.32 Å². The second-order valence-electron chi connectivity index (χ2n) is 5.17. The normalized spacial score (nSPS) is 12.8. The van der Waals surface area contributed by atoms with Gasteiger partial charge in [-0.15, -0.1) is 0 Å². The summed E-state index contributed by atoms with van der Waals surface area (Å²) in [5, 5.41) is 11.7. The summed E-state index contributed by atoms with van der Waals surface area (Å²) in [7, 11) is 0. The number of carboxylic acids is 1. The third kappa shape index (κ3) is 5.52. The maximum atomic E-state index is 11.8. The molecule has 0 aromatic heterocycles. The van der Waals surface area contributed by atoms with Gasteiger partial charge >= 0.3 is 11.9 Å². The number of hydrogen-bond acceptors (Lipinski definition) is 4. The van der Waals surface area contributed by atoms with Crippen molar-refractivity contribution >= 4 is 11.9 Å². The number of ether oxygens (including phenoxy) is 1. The first-order chi connectivity index (χ1) is 8.79. The summed E-state index contributed by atoms with van der Waals surface area (Å²) in [6.45, 7) is 5.38. The molecule has 0 saturated carbocycles. The van der Waals surface area contributed by atoms with E-state index in [-0.39, 0.29) is 6.54 Å². The fourth-order valence-corrected chi connectivity index (χ4v) is 1.45. The van der Waals surface area contributed by atoms with Crippen LogP contribution >= 0.6 is 0 Å². The third-order valence-electron chi connectivity index (χ3n) is 2.24. The highest BCUT2D eigenvalue weighted by Gasteiger charge is 2.30. The van der Waals surface area contributed by atoms with Gasteiger partial charge in [0.25, 0.3) is 0 Å². The molecule has 19 heavy (non-hydrogen) atoms. The predicted molar refractivity (Wildman–Crippen MR) is 70.6 cm³/mol. The van der Waals surface area contributed by atoms with Crippen LogP contribution < -0.4 is 5.32 Å². The number of hydrogen-bond donors (Lipinski definition) is 2. The molecule has 0 fully saturated rings. The lowest BCUT2D eigenvalue weighted by molar-refractivity contribution is -0.163. The number of carboxylic acid groups (broad SMARTS) is 1. The Morgan fingerprint density at radius 2 is 1.84 bits per heavy atom. The van der Waals surface area contributed by atoms with Crippen molar-refractivity contribution < 1.29 is 19.4 Å². The Morgan fingerprint density at radius 3 is 2.32 bits per heavy atom. The van der Waals surface area contributed by atoms with E-state index in [9.17, 15) is 9.59 Å². The molecule has 0 aliphatic rings. The minimum atomic E-state index is -1.36. The molecule has 0 aliphatic carbocycles. The molecule has 1 aromatic rings. The lowest BCUT2D eigenvalue weighted by atomic mass is 10.2. The van der Waals surface area contributed by atoms with E-state index in [1.165, 1.54) is 0 Å². The largest absolute Gasteiger partial charge is 0.480 e. The summed E-state index contributed by atoms with van der Waals surface area (Å²) in [5.41, 5.74) is 0.191. The van der Waals surface area contributed by atoms with Crippen LogP contribution in [0.25, 0.3) is 0 Å². The lowest BCUT2D eigenvalue weighted by Gasteiger charge is -2.22. The first kappa shape index (κ1) is 15.2. The summed E-state index contributed by atoms with van der Waals surface area (Å²) in [5.74, 6) is -2.03. The number of benzene rings is 1. The molecule has 1 aromatic carbocycles. The van der Waals surface area contributed by atoms with E-state index in [4.69, 9.17) is 9.84 Å². The van der Waals surface area contributed by atoms with Gasteiger partial charge in [0.2, 0.25) is 6.04 Å². The number of carbonyl (C=O) groups is 2. The standard InChI is InChI=1S/C14H19NO4/c1-14(2,3)19-13(18)11(12(16)17)15-9-10-7-5-4-6-8-10/h4-8,11,15H,9H2,1-3H3,(H,16,17). The van der Waals surface area contributed by atoms with Crippen molar-refractivity contribution in [3.63, 3.8) is 0 Å². The molecule has 104 valence electrons. The lowest BCUT2D eigenvalue weighted by Crippen LogP contribution is -2.46. The van der Waals surface area contributed by atoms with Crippen molar-refractivity contribution in [2.75, 3.05) is 0 Å². The van der Waals surface area contributed by atoms with Crippen LogP contribution in [0.5, 0.6) is 0 Å².